The van der Waals surface area contributed by atoms with E-state index >= 15 is 0 Å². The van der Waals surface area contributed by atoms with E-state index < -0.39 is 5.60 Å². The molecule has 1 fully saturated rings. The molecule has 1 aromatic carbocycles. The SMILES string of the molecule is OC1(CNCc2ccc(Br)c(F)c2)CCSCC1. The van der Waals surface area contributed by atoms with Crippen molar-refractivity contribution in [2.24, 2.45) is 0 Å². The molecule has 2 N–H and O–H groups in total. The normalized spacial score (nSPS) is 18.8. The summed E-state index contributed by atoms with van der Waals surface area (Å²) in [5.74, 6) is 1.79. The smallest absolute Gasteiger partial charge is 0.137 e. The fourth-order valence-electron chi connectivity index (χ4n) is 2.02. The molecule has 0 amide bonds. The van der Waals surface area contributed by atoms with Gasteiger partial charge in [-0.05, 0) is 58.0 Å². The van der Waals surface area contributed by atoms with Crippen molar-refractivity contribution in [2.45, 2.75) is 25.0 Å². The van der Waals surface area contributed by atoms with Gasteiger partial charge in [-0.25, -0.2) is 4.39 Å². The van der Waals surface area contributed by atoms with Gasteiger partial charge in [-0.1, -0.05) is 6.07 Å². The molecule has 0 spiro atoms. The first kappa shape index (κ1) is 14.3. The Morgan fingerprint density at radius 3 is 2.78 bits per heavy atom. The molecule has 0 saturated carbocycles. The Bertz CT molecular complexity index is 410. The minimum absolute atomic E-state index is 0.248. The van der Waals surface area contributed by atoms with E-state index in [0.29, 0.717) is 17.6 Å². The Hall–Kier alpha value is -0.100. The first-order valence-electron chi connectivity index (χ1n) is 6.04. The average molecular weight is 334 g/mol. The Morgan fingerprint density at radius 1 is 1.39 bits per heavy atom. The molecule has 0 radical (unpaired) electrons. The Balaban J connectivity index is 1.82. The lowest BCUT2D eigenvalue weighted by atomic mass is 9.97. The van der Waals surface area contributed by atoms with Crippen LogP contribution in [0.25, 0.3) is 0 Å². The first-order chi connectivity index (χ1) is 8.59. The molecule has 1 aromatic rings. The molecule has 18 heavy (non-hydrogen) atoms. The molecule has 0 aliphatic carbocycles. The second kappa shape index (κ2) is 6.37. The average Bonchev–Trinajstić information content (AvgIpc) is 2.34. The summed E-state index contributed by atoms with van der Waals surface area (Å²) in [6.07, 6.45) is 1.67. The van der Waals surface area contributed by atoms with Gasteiger partial charge in [0.15, 0.2) is 0 Å². The number of hydrogen-bond donors (Lipinski definition) is 2. The minimum Gasteiger partial charge on any atom is -0.389 e. The number of hydrogen-bond acceptors (Lipinski definition) is 3. The van der Waals surface area contributed by atoms with E-state index in [1.165, 1.54) is 6.07 Å². The Morgan fingerprint density at radius 2 is 2.11 bits per heavy atom. The highest BCUT2D eigenvalue weighted by atomic mass is 79.9. The van der Waals surface area contributed by atoms with Gasteiger partial charge in [0.25, 0.3) is 0 Å². The van der Waals surface area contributed by atoms with Crippen molar-refractivity contribution in [3.8, 4) is 0 Å². The zero-order chi connectivity index (χ0) is 13.0. The van der Waals surface area contributed by atoms with Crippen LogP contribution in [0.1, 0.15) is 18.4 Å². The van der Waals surface area contributed by atoms with Crippen LogP contribution in [0.15, 0.2) is 22.7 Å². The Labute approximate surface area is 119 Å². The second-order valence-electron chi connectivity index (χ2n) is 4.69. The largest absolute Gasteiger partial charge is 0.389 e. The molecule has 2 rings (SSSR count). The number of nitrogens with one attached hydrogen (secondary N) is 1. The van der Waals surface area contributed by atoms with Gasteiger partial charge in [0.2, 0.25) is 0 Å². The molecule has 0 aromatic heterocycles. The Kier molecular flexibility index (Phi) is 5.06. The summed E-state index contributed by atoms with van der Waals surface area (Å²) >= 11 is 5.02. The van der Waals surface area contributed by atoms with Crippen LogP contribution in [0.2, 0.25) is 0 Å². The lowest BCUT2D eigenvalue weighted by Gasteiger charge is -2.32. The topological polar surface area (TPSA) is 32.3 Å². The van der Waals surface area contributed by atoms with Crippen molar-refractivity contribution in [1.82, 2.24) is 5.32 Å². The zero-order valence-electron chi connectivity index (χ0n) is 10.1. The summed E-state index contributed by atoms with van der Waals surface area (Å²) in [7, 11) is 0. The van der Waals surface area contributed by atoms with Gasteiger partial charge in [-0.15, -0.1) is 0 Å². The first-order valence-corrected chi connectivity index (χ1v) is 7.99. The van der Waals surface area contributed by atoms with Gasteiger partial charge < -0.3 is 10.4 Å². The summed E-state index contributed by atoms with van der Waals surface area (Å²) in [5, 5.41) is 13.5. The van der Waals surface area contributed by atoms with E-state index in [1.54, 1.807) is 6.07 Å². The van der Waals surface area contributed by atoms with Gasteiger partial charge in [-0.3, -0.25) is 0 Å². The van der Waals surface area contributed by atoms with Crippen LogP contribution in [0.5, 0.6) is 0 Å². The standard InChI is InChI=1S/C13H17BrFNOS/c14-11-2-1-10(7-12(11)15)8-16-9-13(17)3-5-18-6-4-13/h1-2,7,16-17H,3-6,8-9H2. The van der Waals surface area contributed by atoms with Crippen LogP contribution >= 0.6 is 27.7 Å². The van der Waals surface area contributed by atoms with E-state index in [1.807, 2.05) is 17.8 Å². The summed E-state index contributed by atoms with van der Waals surface area (Å²) in [6, 6.07) is 5.09. The van der Waals surface area contributed by atoms with Crippen LogP contribution in [-0.2, 0) is 6.54 Å². The van der Waals surface area contributed by atoms with Crippen LogP contribution in [0, 0.1) is 5.82 Å². The van der Waals surface area contributed by atoms with Crippen molar-refractivity contribution < 1.29 is 9.50 Å². The third kappa shape index (κ3) is 3.95. The summed E-state index contributed by atoms with van der Waals surface area (Å²) in [6.45, 7) is 1.16. The molecule has 1 saturated heterocycles. The van der Waals surface area contributed by atoms with Crippen molar-refractivity contribution in [3.63, 3.8) is 0 Å². The number of rotatable bonds is 4. The number of aliphatic hydroxyl groups is 1. The third-order valence-corrected chi connectivity index (χ3v) is 4.82. The van der Waals surface area contributed by atoms with E-state index in [9.17, 15) is 9.50 Å². The van der Waals surface area contributed by atoms with Gasteiger partial charge >= 0.3 is 0 Å². The van der Waals surface area contributed by atoms with Crippen molar-refractivity contribution >= 4 is 27.7 Å². The molecule has 0 bridgehead atoms. The van der Waals surface area contributed by atoms with Gasteiger partial charge in [0, 0.05) is 13.1 Å². The highest BCUT2D eigenvalue weighted by molar-refractivity contribution is 9.10. The van der Waals surface area contributed by atoms with E-state index in [2.05, 4.69) is 21.2 Å². The molecule has 1 aliphatic heterocycles. The summed E-state index contributed by atoms with van der Waals surface area (Å²) < 4.78 is 13.8. The monoisotopic (exact) mass is 333 g/mol. The summed E-state index contributed by atoms with van der Waals surface area (Å²) in [4.78, 5) is 0. The van der Waals surface area contributed by atoms with Crippen LogP contribution in [0.4, 0.5) is 4.39 Å². The van der Waals surface area contributed by atoms with Gasteiger partial charge in [-0.2, -0.15) is 11.8 Å². The fourth-order valence-corrected chi connectivity index (χ4v) is 3.52. The van der Waals surface area contributed by atoms with Gasteiger partial charge in [0.05, 0.1) is 10.1 Å². The molecule has 2 nitrogen and oxygen atoms in total. The molecule has 100 valence electrons. The van der Waals surface area contributed by atoms with Crippen molar-refractivity contribution in [2.75, 3.05) is 18.1 Å². The zero-order valence-corrected chi connectivity index (χ0v) is 12.5. The fraction of sp³-hybridized carbons (Fsp3) is 0.538. The van der Waals surface area contributed by atoms with Crippen molar-refractivity contribution in [1.29, 1.82) is 0 Å². The quantitative estimate of drug-likeness (QED) is 0.888. The lowest BCUT2D eigenvalue weighted by molar-refractivity contribution is 0.0320. The van der Waals surface area contributed by atoms with E-state index in [-0.39, 0.29) is 5.82 Å². The highest BCUT2D eigenvalue weighted by Gasteiger charge is 2.28. The predicted molar refractivity (Wildman–Crippen MR) is 77.3 cm³/mol. The minimum atomic E-state index is -0.584. The molecular weight excluding hydrogens is 317 g/mol. The van der Waals surface area contributed by atoms with E-state index in [4.69, 9.17) is 0 Å². The van der Waals surface area contributed by atoms with E-state index in [0.717, 1.165) is 29.9 Å². The van der Waals surface area contributed by atoms with Crippen LogP contribution in [-0.4, -0.2) is 28.8 Å². The summed E-state index contributed by atoms with van der Waals surface area (Å²) in [5.41, 5.74) is 0.309. The number of halogens is 2. The lowest BCUT2D eigenvalue weighted by Crippen LogP contribution is -2.43. The van der Waals surface area contributed by atoms with Crippen molar-refractivity contribution in [3.05, 3.63) is 34.1 Å². The maximum absolute atomic E-state index is 13.3. The molecule has 0 unspecified atom stereocenters. The molecule has 0 atom stereocenters. The van der Waals surface area contributed by atoms with Crippen LogP contribution in [0.3, 0.4) is 0 Å². The molecule has 1 heterocycles. The third-order valence-electron chi connectivity index (χ3n) is 3.19. The molecular formula is C13H17BrFNOS. The molecule has 5 heteroatoms. The van der Waals surface area contributed by atoms with Gasteiger partial charge in [0.1, 0.15) is 5.82 Å². The number of benzene rings is 1. The highest BCUT2D eigenvalue weighted by Crippen LogP contribution is 2.26. The second-order valence-corrected chi connectivity index (χ2v) is 6.77. The maximum Gasteiger partial charge on any atom is 0.137 e. The predicted octanol–water partition coefficient (Wildman–Crippen LogP) is 2.94. The number of thioether (sulfide) groups is 1. The maximum atomic E-state index is 13.3. The van der Waals surface area contributed by atoms with Crippen LogP contribution < -0.4 is 5.32 Å². The molecule has 1 aliphatic rings.